The molecule has 122 valence electrons. The van der Waals surface area contributed by atoms with Crippen molar-refractivity contribution < 1.29 is 27.9 Å². The summed E-state index contributed by atoms with van der Waals surface area (Å²) in [5, 5.41) is 13.5. The van der Waals surface area contributed by atoms with Crippen LogP contribution in [0.1, 0.15) is 25.8 Å². The number of carbonyl (C=O) groups excluding carboxylic acids is 1. The molecule has 22 heavy (non-hydrogen) atoms. The second-order valence-electron chi connectivity index (χ2n) is 4.88. The molecule has 0 aliphatic rings. The van der Waals surface area contributed by atoms with Crippen LogP contribution in [-0.2, 0) is 11.0 Å². The van der Waals surface area contributed by atoms with E-state index in [1.165, 1.54) is 6.07 Å². The van der Waals surface area contributed by atoms with Crippen LogP contribution in [0.25, 0.3) is 0 Å². The van der Waals surface area contributed by atoms with Crippen molar-refractivity contribution in [3.8, 4) is 0 Å². The van der Waals surface area contributed by atoms with Crippen molar-refractivity contribution in [3.05, 3.63) is 29.8 Å². The van der Waals surface area contributed by atoms with Crippen LogP contribution in [0.2, 0.25) is 0 Å². The monoisotopic (exact) mass is 318 g/mol. The maximum absolute atomic E-state index is 12.6. The average molecular weight is 318 g/mol. The number of benzene rings is 1. The number of urea groups is 1. The highest BCUT2D eigenvalue weighted by atomic mass is 19.4. The van der Waals surface area contributed by atoms with Gasteiger partial charge in [0, 0.05) is 5.69 Å². The van der Waals surface area contributed by atoms with E-state index in [0.717, 1.165) is 18.2 Å². The van der Waals surface area contributed by atoms with Crippen molar-refractivity contribution >= 4 is 17.7 Å². The number of halogens is 3. The van der Waals surface area contributed by atoms with Crippen molar-refractivity contribution in [2.24, 2.45) is 5.92 Å². The Morgan fingerprint density at radius 3 is 2.45 bits per heavy atom. The summed E-state index contributed by atoms with van der Waals surface area (Å²) < 4.78 is 37.7. The predicted molar refractivity (Wildman–Crippen MR) is 74.5 cm³/mol. The minimum atomic E-state index is -4.52. The van der Waals surface area contributed by atoms with E-state index < -0.39 is 29.8 Å². The van der Waals surface area contributed by atoms with Gasteiger partial charge in [0.2, 0.25) is 0 Å². The first-order valence-corrected chi connectivity index (χ1v) is 6.62. The molecule has 2 amide bonds. The Morgan fingerprint density at radius 2 is 1.95 bits per heavy atom. The second kappa shape index (κ2) is 7.15. The summed E-state index contributed by atoms with van der Waals surface area (Å²) in [4.78, 5) is 22.8. The molecule has 0 radical (unpaired) electrons. The zero-order chi connectivity index (χ0) is 16.9. The third kappa shape index (κ3) is 4.94. The van der Waals surface area contributed by atoms with Gasteiger partial charge in [-0.25, -0.2) is 9.59 Å². The van der Waals surface area contributed by atoms with Crippen LogP contribution in [0.3, 0.4) is 0 Å². The van der Waals surface area contributed by atoms with E-state index in [4.69, 9.17) is 5.11 Å². The fourth-order valence-electron chi connectivity index (χ4n) is 1.76. The highest BCUT2D eigenvalue weighted by Gasteiger charge is 2.30. The van der Waals surface area contributed by atoms with Crippen molar-refractivity contribution in [2.75, 3.05) is 5.32 Å². The van der Waals surface area contributed by atoms with E-state index in [0.29, 0.717) is 6.42 Å². The average Bonchev–Trinajstić information content (AvgIpc) is 2.43. The number of hydrogen-bond acceptors (Lipinski definition) is 2. The highest BCUT2D eigenvalue weighted by Crippen LogP contribution is 2.30. The Labute approximate surface area is 125 Å². The number of anilines is 1. The molecule has 2 atom stereocenters. The third-order valence-electron chi connectivity index (χ3n) is 3.21. The number of rotatable bonds is 5. The Bertz CT molecular complexity index is 546. The zero-order valence-electron chi connectivity index (χ0n) is 12.1. The van der Waals surface area contributed by atoms with Crippen molar-refractivity contribution in [1.29, 1.82) is 0 Å². The van der Waals surface area contributed by atoms with Crippen LogP contribution < -0.4 is 10.6 Å². The molecule has 0 saturated heterocycles. The Morgan fingerprint density at radius 1 is 1.32 bits per heavy atom. The van der Waals surface area contributed by atoms with Gasteiger partial charge in [-0.15, -0.1) is 0 Å². The topological polar surface area (TPSA) is 78.4 Å². The Hall–Kier alpha value is -2.25. The van der Waals surface area contributed by atoms with Crippen LogP contribution in [0, 0.1) is 5.92 Å². The lowest BCUT2D eigenvalue weighted by Gasteiger charge is -2.20. The quantitative estimate of drug-likeness (QED) is 0.779. The van der Waals surface area contributed by atoms with Crippen molar-refractivity contribution in [1.82, 2.24) is 5.32 Å². The van der Waals surface area contributed by atoms with E-state index in [1.807, 2.05) is 0 Å². The van der Waals surface area contributed by atoms with Gasteiger partial charge < -0.3 is 15.7 Å². The predicted octanol–water partition coefficient (Wildman–Crippen LogP) is 3.33. The molecule has 0 aromatic heterocycles. The van der Waals surface area contributed by atoms with Gasteiger partial charge in [0.1, 0.15) is 6.04 Å². The number of alkyl halides is 3. The zero-order valence-corrected chi connectivity index (χ0v) is 12.1. The first-order valence-electron chi connectivity index (χ1n) is 6.62. The molecule has 0 unspecified atom stereocenters. The van der Waals surface area contributed by atoms with Crippen LogP contribution >= 0.6 is 0 Å². The van der Waals surface area contributed by atoms with E-state index in [-0.39, 0.29) is 11.6 Å². The molecule has 8 heteroatoms. The molecule has 0 fully saturated rings. The normalized spacial score (nSPS) is 14.0. The summed E-state index contributed by atoms with van der Waals surface area (Å²) in [6, 6.07) is 2.11. The van der Waals surface area contributed by atoms with Gasteiger partial charge in [-0.1, -0.05) is 26.3 Å². The molecule has 1 aromatic rings. The second-order valence-corrected chi connectivity index (χ2v) is 4.88. The molecule has 0 heterocycles. The van der Waals surface area contributed by atoms with Crippen molar-refractivity contribution in [3.63, 3.8) is 0 Å². The number of carboxylic acid groups (broad SMARTS) is 1. The summed E-state index contributed by atoms with van der Waals surface area (Å²) >= 11 is 0. The van der Waals surface area contributed by atoms with Gasteiger partial charge >= 0.3 is 18.2 Å². The van der Waals surface area contributed by atoms with Crippen LogP contribution in [0.5, 0.6) is 0 Å². The number of aliphatic carboxylic acids is 1. The molecular formula is C14H17F3N2O3. The fraction of sp³-hybridized carbons (Fsp3) is 0.429. The smallest absolute Gasteiger partial charge is 0.416 e. The highest BCUT2D eigenvalue weighted by molar-refractivity contribution is 5.92. The molecule has 3 N–H and O–H groups in total. The molecule has 0 saturated carbocycles. The van der Waals surface area contributed by atoms with E-state index >= 15 is 0 Å². The molecule has 0 aliphatic carbocycles. The van der Waals surface area contributed by atoms with Gasteiger partial charge in [-0.3, -0.25) is 0 Å². The number of amides is 2. The van der Waals surface area contributed by atoms with Crippen LogP contribution in [0.4, 0.5) is 23.7 Å². The number of carboxylic acids is 1. The minimum absolute atomic E-state index is 0.0689. The molecule has 5 nitrogen and oxygen atoms in total. The molecule has 1 rings (SSSR count). The molecule has 1 aromatic carbocycles. The van der Waals surface area contributed by atoms with E-state index in [2.05, 4.69) is 10.6 Å². The van der Waals surface area contributed by atoms with Gasteiger partial charge in [-0.2, -0.15) is 13.2 Å². The lowest BCUT2D eigenvalue weighted by atomic mass is 9.99. The first-order chi connectivity index (χ1) is 10.1. The standard InChI is InChI=1S/C14H17F3N2O3/c1-3-8(2)11(12(20)21)19-13(22)18-10-6-4-5-9(7-10)14(15,16)17/h4-8,11H,3H2,1-2H3,(H,20,21)(H2,18,19,22)/t8-,11-/m1/s1. The summed E-state index contributed by atoms with van der Waals surface area (Å²) in [5.74, 6) is -1.52. The third-order valence-corrected chi connectivity index (χ3v) is 3.21. The van der Waals surface area contributed by atoms with E-state index in [1.54, 1.807) is 13.8 Å². The van der Waals surface area contributed by atoms with Gasteiger partial charge in [0.15, 0.2) is 0 Å². The van der Waals surface area contributed by atoms with E-state index in [9.17, 15) is 22.8 Å². The molecule has 0 spiro atoms. The van der Waals surface area contributed by atoms with Crippen LogP contribution in [-0.4, -0.2) is 23.1 Å². The maximum atomic E-state index is 12.6. The first kappa shape index (κ1) is 17.8. The summed E-state index contributed by atoms with van der Waals surface area (Å²) in [5.41, 5.74) is -0.970. The van der Waals surface area contributed by atoms with Gasteiger partial charge in [0.25, 0.3) is 0 Å². The summed E-state index contributed by atoms with van der Waals surface area (Å²) in [6.45, 7) is 3.43. The largest absolute Gasteiger partial charge is 0.480 e. The fourth-order valence-corrected chi connectivity index (χ4v) is 1.76. The molecule has 0 bridgehead atoms. The summed E-state index contributed by atoms with van der Waals surface area (Å²) in [7, 11) is 0. The van der Waals surface area contributed by atoms with Crippen LogP contribution in [0.15, 0.2) is 24.3 Å². The van der Waals surface area contributed by atoms with Gasteiger partial charge in [-0.05, 0) is 24.1 Å². The summed E-state index contributed by atoms with van der Waals surface area (Å²) in [6.07, 6.45) is -3.99. The lowest BCUT2D eigenvalue weighted by molar-refractivity contribution is -0.140. The lowest BCUT2D eigenvalue weighted by Crippen LogP contribution is -2.46. The molecular weight excluding hydrogens is 301 g/mol. The molecule has 0 aliphatic heterocycles. The Balaban J connectivity index is 2.78. The maximum Gasteiger partial charge on any atom is 0.416 e. The number of nitrogens with one attached hydrogen (secondary N) is 2. The van der Waals surface area contributed by atoms with Crippen molar-refractivity contribution in [2.45, 2.75) is 32.5 Å². The number of carbonyl (C=O) groups is 2. The minimum Gasteiger partial charge on any atom is -0.480 e. The van der Waals surface area contributed by atoms with Gasteiger partial charge in [0.05, 0.1) is 5.56 Å². The Kier molecular flexibility index (Phi) is 5.78. The SMILES string of the molecule is CC[C@@H](C)[C@@H](NC(=O)Nc1cccc(C(F)(F)F)c1)C(=O)O. The number of hydrogen-bond donors (Lipinski definition) is 3.